The molecule has 1 aliphatic carbocycles. The van der Waals surface area contributed by atoms with Gasteiger partial charge in [0.2, 0.25) is 5.71 Å². The third-order valence-corrected chi connectivity index (χ3v) is 3.54. The van der Waals surface area contributed by atoms with Gasteiger partial charge in [0.15, 0.2) is 11.2 Å². The molecule has 3 N–H and O–H groups in total. The highest BCUT2D eigenvalue weighted by Crippen LogP contribution is 2.24. The summed E-state index contributed by atoms with van der Waals surface area (Å²) >= 11 is 1.10. The van der Waals surface area contributed by atoms with Crippen LogP contribution >= 0.6 is 11.3 Å². The third-order valence-electron chi connectivity index (χ3n) is 2.87. The lowest BCUT2D eigenvalue weighted by atomic mass is 9.96. The summed E-state index contributed by atoms with van der Waals surface area (Å²) in [5, 5.41) is 14.3. The lowest BCUT2D eigenvalue weighted by Gasteiger charge is -2.23. The fraction of sp³-hybridized carbons (Fsp3) is 0.545. The maximum absolute atomic E-state index is 13.5. The fourth-order valence-corrected chi connectivity index (χ4v) is 2.43. The zero-order valence-electron chi connectivity index (χ0n) is 10.1. The Hall–Kier alpha value is -1.70. The molecular formula is C11H14FN3O3S. The van der Waals surface area contributed by atoms with Gasteiger partial charge in [0.25, 0.3) is 0 Å². The molecule has 0 saturated heterocycles. The summed E-state index contributed by atoms with van der Waals surface area (Å²) in [7, 11) is 0. The molecule has 0 radical (unpaired) electrons. The van der Waals surface area contributed by atoms with Crippen molar-refractivity contribution in [3.05, 3.63) is 11.1 Å². The van der Waals surface area contributed by atoms with Crippen LogP contribution in [0.15, 0.2) is 10.5 Å². The van der Waals surface area contributed by atoms with Crippen molar-refractivity contribution in [2.75, 3.05) is 5.73 Å². The highest BCUT2D eigenvalue weighted by atomic mass is 32.1. The molecule has 0 aromatic carbocycles. The minimum absolute atomic E-state index is 0.126. The average molecular weight is 287 g/mol. The number of aliphatic carboxylic acids is 1. The molecule has 6 nitrogen and oxygen atoms in total. The van der Waals surface area contributed by atoms with Crippen molar-refractivity contribution in [3.63, 3.8) is 0 Å². The van der Waals surface area contributed by atoms with E-state index in [-0.39, 0.29) is 16.5 Å². The van der Waals surface area contributed by atoms with Gasteiger partial charge in [-0.2, -0.15) is 0 Å². The number of hydrogen-bond donors (Lipinski definition) is 2. The van der Waals surface area contributed by atoms with E-state index in [1.807, 2.05) is 0 Å². The van der Waals surface area contributed by atoms with Crippen LogP contribution in [-0.4, -0.2) is 34.0 Å². The van der Waals surface area contributed by atoms with Gasteiger partial charge in [-0.1, -0.05) is 11.6 Å². The van der Waals surface area contributed by atoms with E-state index >= 15 is 0 Å². The molecule has 1 aromatic heterocycles. The normalized spacial score (nSPS) is 24.2. The SMILES string of the molecule is Nc1nc(C(=NO[C@@H]2CCCC[C@H]2F)C(=O)O)cs1. The van der Waals surface area contributed by atoms with Crippen LogP contribution < -0.4 is 5.73 Å². The van der Waals surface area contributed by atoms with Gasteiger partial charge in [-0.3, -0.25) is 0 Å². The van der Waals surface area contributed by atoms with E-state index in [4.69, 9.17) is 15.7 Å². The Morgan fingerprint density at radius 2 is 2.32 bits per heavy atom. The van der Waals surface area contributed by atoms with Crippen molar-refractivity contribution in [3.8, 4) is 0 Å². The molecule has 0 spiro atoms. The first-order valence-electron chi connectivity index (χ1n) is 5.90. The standard InChI is InChI=1S/C11H14FN3O3S/c12-6-3-1-2-4-8(6)18-15-9(10(16)17)7-5-19-11(13)14-7/h5-6,8H,1-4H2,(H2,13,14)(H,16,17)/t6-,8-/m1/s1. The Balaban J connectivity index is 2.11. The van der Waals surface area contributed by atoms with E-state index in [0.717, 1.165) is 24.2 Å². The summed E-state index contributed by atoms with van der Waals surface area (Å²) in [6, 6.07) is 0. The van der Waals surface area contributed by atoms with E-state index < -0.39 is 18.2 Å². The van der Waals surface area contributed by atoms with Crippen LogP contribution in [0, 0.1) is 0 Å². The van der Waals surface area contributed by atoms with E-state index in [1.54, 1.807) is 0 Å². The zero-order chi connectivity index (χ0) is 13.8. The minimum atomic E-state index is -1.28. The largest absolute Gasteiger partial charge is 0.476 e. The number of alkyl halides is 1. The number of hydrogen-bond acceptors (Lipinski definition) is 6. The quantitative estimate of drug-likeness (QED) is 0.650. The van der Waals surface area contributed by atoms with Crippen molar-refractivity contribution in [1.82, 2.24) is 4.98 Å². The number of carboxylic acid groups (broad SMARTS) is 1. The number of nitrogens with zero attached hydrogens (tertiary/aromatic N) is 2. The molecule has 104 valence electrons. The summed E-state index contributed by atoms with van der Waals surface area (Å²) in [4.78, 5) is 19.9. The van der Waals surface area contributed by atoms with E-state index in [2.05, 4.69) is 10.1 Å². The van der Waals surface area contributed by atoms with Crippen molar-refractivity contribution >= 4 is 28.1 Å². The molecule has 0 aliphatic heterocycles. The number of nitrogen functional groups attached to an aromatic ring is 1. The van der Waals surface area contributed by atoms with Gasteiger partial charge in [0.1, 0.15) is 11.9 Å². The van der Waals surface area contributed by atoms with Crippen molar-refractivity contribution in [2.45, 2.75) is 38.0 Å². The van der Waals surface area contributed by atoms with Crippen LogP contribution in [0.3, 0.4) is 0 Å². The van der Waals surface area contributed by atoms with Crippen LogP contribution in [-0.2, 0) is 9.63 Å². The predicted molar refractivity (Wildman–Crippen MR) is 68.9 cm³/mol. The molecule has 1 saturated carbocycles. The first kappa shape index (κ1) is 13.7. The maximum atomic E-state index is 13.5. The highest BCUT2D eigenvalue weighted by molar-refractivity contribution is 7.13. The van der Waals surface area contributed by atoms with Gasteiger partial charge in [0, 0.05) is 5.38 Å². The number of thiazole rings is 1. The molecule has 19 heavy (non-hydrogen) atoms. The first-order valence-corrected chi connectivity index (χ1v) is 6.78. The molecular weight excluding hydrogens is 273 g/mol. The second kappa shape index (κ2) is 5.96. The zero-order valence-corrected chi connectivity index (χ0v) is 10.9. The summed E-state index contributed by atoms with van der Waals surface area (Å²) in [6.45, 7) is 0. The highest BCUT2D eigenvalue weighted by Gasteiger charge is 2.27. The van der Waals surface area contributed by atoms with E-state index in [1.165, 1.54) is 5.38 Å². The fourth-order valence-electron chi connectivity index (χ4n) is 1.88. The van der Waals surface area contributed by atoms with Gasteiger partial charge in [-0.15, -0.1) is 11.3 Å². The Labute approximate surface area is 113 Å². The van der Waals surface area contributed by atoms with Gasteiger partial charge < -0.3 is 15.7 Å². The topological polar surface area (TPSA) is 97.8 Å². The maximum Gasteiger partial charge on any atom is 0.360 e. The molecule has 1 fully saturated rings. The molecule has 1 heterocycles. The molecule has 2 atom stereocenters. The minimum Gasteiger partial charge on any atom is -0.476 e. The van der Waals surface area contributed by atoms with Crippen molar-refractivity contribution in [1.29, 1.82) is 0 Å². The van der Waals surface area contributed by atoms with E-state index in [9.17, 15) is 9.18 Å². The average Bonchev–Trinajstić information content (AvgIpc) is 2.78. The Bertz CT molecular complexity index is 491. The number of oxime groups is 1. The Morgan fingerprint density at radius 1 is 1.58 bits per heavy atom. The number of nitrogens with two attached hydrogens (primary N) is 1. The first-order chi connectivity index (χ1) is 9.08. The van der Waals surface area contributed by atoms with Crippen LogP contribution in [0.25, 0.3) is 0 Å². The number of halogens is 1. The summed E-state index contributed by atoms with van der Waals surface area (Å²) < 4.78 is 13.5. The molecule has 1 aromatic rings. The van der Waals surface area contributed by atoms with Crippen LogP contribution in [0.4, 0.5) is 9.52 Å². The van der Waals surface area contributed by atoms with Crippen molar-refractivity contribution < 1.29 is 19.1 Å². The van der Waals surface area contributed by atoms with Gasteiger partial charge in [-0.05, 0) is 19.3 Å². The molecule has 0 bridgehead atoms. The summed E-state index contributed by atoms with van der Waals surface area (Å²) in [5.74, 6) is -1.28. The second-order valence-corrected chi connectivity index (χ2v) is 5.15. The molecule has 1 aliphatic rings. The Morgan fingerprint density at radius 3 is 2.89 bits per heavy atom. The van der Waals surface area contributed by atoms with Crippen molar-refractivity contribution in [2.24, 2.45) is 5.16 Å². The molecule has 2 rings (SSSR count). The molecule has 0 unspecified atom stereocenters. The van der Waals surface area contributed by atoms with Gasteiger partial charge >= 0.3 is 5.97 Å². The third kappa shape index (κ3) is 3.40. The van der Waals surface area contributed by atoms with Crippen LogP contribution in [0.2, 0.25) is 0 Å². The lowest BCUT2D eigenvalue weighted by molar-refractivity contribution is -0.129. The number of anilines is 1. The smallest absolute Gasteiger partial charge is 0.360 e. The number of aromatic nitrogens is 1. The summed E-state index contributed by atoms with van der Waals surface area (Å²) in [5.41, 5.74) is 5.21. The lowest BCUT2D eigenvalue weighted by Crippen LogP contribution is -2.28. The Kier molecular flexibility index (Phi) is 4.31. The van der Waals surface area contributed by atoms with Gasteiger partial charge in [0.05, 0.1) is 0 Å². The van der Waals surface area contributed by atoms with Crippen LogP contribution in [0.5, 0.6) is 0 Å². The van der Waals surface area contributed by atoms with Gasteiger partial charge in [-0.25, -0.2) is 14.2 Å². The van der Waals surface area contributed by atoms with Crippen LogP contribution in [0.1, 0.15) is 31.4 Å². The second-order valence-electron chi connectivity index (χ2n) is 4.26. The number of rotatable bonds is 4. The number of carbonyl (C=O) groups is 1. The van der Waals surface area contributed by atoms with E-state index in [0.29, 0.717) is 12.8 Å². The monoisotopic (exact) mass is 287 g/mol. The predicted octanol–water partition coefficient (Wildman–Crippen LogP) is 1.81. The molecule has 0 amide bonds. The number of carboxylic acids is 1. The summed E-state index contributed by atoms with van der Waals surface area (Å²) in [6.07, 6.45) is 0.849. The molecule has 8 heteroatoms.